The number of hydrogen-bond donors (Lipinski definition) is 1. The maximum absolute atomic E-state index is 12.7. The Morgan fingerprint density at radius 2 is 1.90 bits per heavy atom. The standard InChI is InChI=1S/C23H36O5Si/c1-17-14-18(2)21(22(25)27-12-13-29(5,6)7)19(15-17)10-8-9-11-20(16-24)28-23(3,4)26/h8,10,14-16,20,26H,9,11-13H2,1-7H3/b10-8+/t20-/m0/s1. The fourth-order valence-electron chi connectivity index (χ4n) is 2.93. The fraction of sp³-hybridized carbons (Fsp3) is 0.565. The Labute approximate surface area is 176 Å². The van der Waals surface area contributed by atoms with E-state index in [4.69, 9.17) is 9.47 Å². The van der Waals surface area contributed by atoms with Crippen LogP contribution in [0, 0.1) is 13.8 Å². The predicted octanol–water partition coefficient (Wildman–Crippen LogP) is 4.90. The first-order chi connectivity index (χ1) is 13.3. The van der Waals surface area contributed by atoms with Gasteiger partial charge in [0.2, 0.25) is 0 Å². The van der Waals surface area contributed by atoms with Gasteiger partial charge in [-0.15, -0.1) is 0 Å². The van der Waals surface area contributed by atoms with Gasteiger partial charge in [-0.05, 0) is 57.7 Å². The van der Waals surface area contributed by atoms with Crippen molar-refractivity contribution in [2.45, 2.75) is 78.1 Å². The molecule has 1 atom stereocenters. The molecule has 29 heavy (non-hydrogen) atoms. The van der Waals surface area contributed by atoms with Crippen LogP contribution < -0.4 is 0 Å². The maximum Gasteiger partial charge on any atom is 0.338 e. The van der Waals surface area contributed by atoms with Crippen molar-refractivity contribution in [3.05, 3.63) is 40.5 Å². The van der Waals surface area contributed by atoms with Crippen LogP contribution in [0.5, 0.6) is 0 Å². The van der Waals surface area contributed by atoms with E-state index in [-0.39, 0.29) is 5.97 Å². The largest absolute Gasteiger partial charge is 0.462 e. The van der Waals surface area contributed by atoms with E-state index in [1.165, 1.54) is 13.8 Å². The van der Waals surface area contributed by atoms with Gasteiger partial charge >= 0.3 is 5.97 Å². The molecule has 0 saturated heterocycles. The lowest BCUT2D eigenvalue weighted by Crippen LogP contribution is -2.30. The molecule has 0 unspecified atom stereocenters. The minimum atomic E-state index is -1.35. The Balaban J connectivity index is 2.86. The minimum Gasteiger partial charge on any atom is -0.462 e. The van der Waals surface area contributed by atoms with Crippen molar-refractivity contribution >= 4 is 26.4 Å². The zero-order chi connectivity index (χ0) is 22.2. The molecule has 0 aromatic heterocycles. The van der Waals surface area contributed by atoms with Crippen molar-refractivity contribution in [1.82, 2.24) is 0 Å². The Bertz CT molecular complexity index is 726. The lowest BCUT2D eigenvalue weighted by Gasteiger charge is -2.22. The van der Waals surface area contributed by atoms with Crippen LogP contribution >= 0.6 is 0 Å². The first-order valence-electron chi connectivity index (χ1n) is 10.1. The number of carbonyl (C=O) groups excluding carboxylic acids is 2. The van der Waals surface area contributed by atoms with Gasteiger partial charge in [-0.2, -0.15) is 0 Å². The molecular weight excluding hydrogens is 384 g/mol. The molecule has 1 N–H and O–H groups in total. The second-order valence-electron chi connectivity index (χ2n) is 9.21. The maximum atomic E-state index is 12.7. The van der Waals surface area contributed by atoms with Gasteiger partial charge in [0.05, 0.1) is 12.2 Å². The molecular formula is C23H36O5Si. The smallest absolute Gasteiger partial charge is 0.338 e. The number of aldehydes is 1. The molecule has 0 aliphatic carbocycles. The van der Waals surface area contributed by atoms with E-state index in [1.54, 1.807) is 0 Å². The molecule has 162 valence electrons. The van der Waals surface area contributed by atoms with Crippen LogP contribution in [0.4, 0.5) is 0 Å². The Morgan fingerprint density at radius 3 is 2.45 bits per heavy atom. The van der Waals surface area contributed by atoms with Gasteiger partial charge < -0.3 is 19.4 Å². The van der Waals surface area contributed by atoms with Crippen LogP contribution in [0.3, 0.4) is 0 Å². The van der Waals surface area contributed by atoms with Gasteiger partial charge in [-0.25, -0.2) is 4.79 Å². The summed E-state index contributed by atoms with van der Waals surface area (Å²) < 4.78 is 10.8. The summed E-state index contributed by atoms with van der Waals surface area (Å²) in [5.41, 5.74) is 3.35. The van der Waals surface area contributed by atoms with Gasteiger partial charge in [-0.1, -0.05) is 49.5 Å². The summed E-state index contributed by atoms with van der Waals surface area (Å²) in [6, 6.07) is 4.87. The summed E-state index contributed by atoms with van der Waals surface area (Å²) in [5, 5.41) is 9.69. The molecule has 1 aromatic carbocycles. The Kier molecular flexibility index (Phi) is 9.46. The number of rotatable bonds is 11. The summed E-state index contributed by atoms with van der Waals surface area (Å²) >= 11 is 0. The van der Waals surface area contributed by atoms with Gasteiger partial charge in [0.15, 0.2) is 5.79 Å². The number of ether oxygens (including phenoxy) is 2. The molecule has 0 amide bonds. The highest BCUT2D eigenvalue weighted by Crippen LogP contribution is 2.21. The molecule has 0 saturated carbocycles. The molecule has 0 radical (unpaired) electrons. The van der Waals surface area contributed by atoms with Gasteiger partial charge in [0, 0.05) is 8.07 Å². The summed E-state index contributed by atoms with van der Waals surface area (Å²) in [6.45, 7) is 14.1. The van der Waals surface area contributed by atoms with E-state index >= 15 is 0 Å². The zero-order valence-electron chi connectivity index (χ0n) is 18.9. The lowest BCUT2D eigenvalue weighted by molar-refractivity contribution is -0.202. The van der Waals surface area contributed by atoms with Crippen LogP contribution in [0.25, 0.3) is 6.08 Å². The monoisotopic (exact) mass is 420 g/mol. The second kappa shape index (κ2) is 10.9. The summed E-state index contributed by atoms with van der Waals surface area (Å²) in [6.07, 6.45) is 4.86. The fourth-order valence-corrected chi connectivity index (χ4v) is 3.64. The number of carbonyl (C=O) groups is 2. The molecule has 0 heterocycles. The number of hydrogen-bond acceptors (Lipinski definition) is 5. The van der Waals surface area contributed by atoms with Crippen LogP contribution in [-0.2, 0) is 14.3 Å². The second-order valence-corrected chi connectivity index (χ2v) is 14.8. The Morgan fingerprint density at radius 1 is 1.24 bits per heavy atom. The van der Waals surface area contributed by atoms with Crippen molar-refractivity contribution in [2.75, 3.05) is 6.61 Å². The quantitative estimate of drug-likeness (QED) is 0.238. The normalized spacial score (nSPS) is 13.5. The highest BCUT2D eigenvalue weighted by molar-refractivity contribution is 6.76. The van der Waals surface area contributed by atoms with Crippen LogP contribution in [0.1, 0.15) is 53.7 Å². The van der Waals surface area contributed by atoms with Gasteiger partial charge in [0.25, 0.3) is 0 Å². The van der Waals surface area contributed by atoms with E-state index in [9.17, 15) is 14.7 Å². The number of benzene rings is 1. The molecule has 1 aromatic rings. The van der Waals surface area contributed by atoms with Gasteiger partial charge in [0.1, 0.15) is 12.4 Å². The first-order valence-corrected chi connectivity index (χ1v) is 13.8. The highest BCUT2D eigenvalue weighted by Gasteiger charge is 2.20. The molecule has 6 heteroatoms. The minimum absolute atomic E-state index is 0.295. The Hall–Kier alpha value is -1.76. The van der Waals surface area contributed by atoms with E-state index in [0.29, 0.717) is 31.3 Å². The third kappa shape index (κ3) is 10.0. The molecule has 0 bridgehead atoms. The number of aliphatic hydroxyl groups is 1. The van der Waals surface area contributed by atoms with Crippen LogP contribution in [0.15, 0.2) is 18.2 Å². The van der Waals surface area contributed by atoms with Crippen molar-refractivity contribution < 1.29 is 24.2 Å². The third-order valence-corrected chi connectivity index (χ3v) is 6.01. The molecule has 0 aliphatic rings. The molecule has 0 spiro atoms. The van der Waals surface area contributed by atoms with Crippen LogP contribution in [-0.4, -0.2) is 43.9 Å². The van der Waals surface area contributed by atoms with E-state index in [0.717, 1.165) is 22.7 Å². The molecule has 0 fully saturated rings. The van der Waals surface area contributed by atoms with Crippen LogP contribution in [0.2, 0.25) is 25.7 Å². The topological polar surface area (TPSA) is 72.8 Å². The van der Waals surface area contributed by atoms with Gasteiger partial charge in [-0.3, -0.25) is 0 Å². The summed E-state index contributed by atoms with van der Waals surface area (Å²) in [4.78, 5) is 23.8. The molecule has 1 rings (SSSR count). The van der Waals surface area contributed by atoms with Crippen molar-refractivity contribution in [2.24, 2.45) is 0 Å². The summed E-state index contributed by atoms with van der Waals surface area (Å²) in [7, 11) is -1.27. The number of aryl methyl sites for hydroxylation is 2. The van der Waals surface area contributed by atoms with Crippen molar-refractivity contribution in [3.63, 3.8) is 0 Å². The average Bonchev–Trinajstić information content (AvgIpc) is 2.54. The first kappa shape index (κ1) is 25.3. The number of allylic oxidation sites excluding steroid dienone is 1. The SMILES string of the molecule is Cc1cc(C)c(C(=O)OCC[Si](C)(C)C)c(/C=C/CC[C@@H](C=O)OC(C)(C)O)c1. The number of esters is 1. The molecule has 5 nitrogen and oxygen atoms in total. The average molecular weight is 421 g/mol. The van der Waals surface area contributed by atoms with E-state index < -0.39 is 20.0 Å². The highest BCUT2D eigenvalue weighted by atomic mass is 28.3. The predicted molar refractivity (Wildman–Crippen MR) is 120 cm³/mol. The lowest BCUT2D eigenvalue weighted by atomic mass is 9.98. The van der Waals surface area contributed by atoms with E-state index in [2.05, 4.69) is 19.6 Å². The summed E-state index contributed by atoms with van der Waals surface area (Å²) in [5.74, 6) is -1.65. The van der Waals surface area contributed by atoms with Crippen molar-refractivity contribution in [3.8, 4) is 0 Å². The van der Waals surface area contributed by atoms with E-state index in [1.807, 2.05) is 38.1 Å². The molecule has 0 aliphatic heterocycles. The third-order valence-electron chi connectivity index (χ3n) is 4.31. The van der Waals surface area contributed by atoms with Crippen molar-refractivity contribution in [1.29, 1.82) is 0 Å². The zero-order valence-corrected chi connectivity index (χ0v) is 19.9.